The molecule has 0 saturated carbocycles. The highest BCUT2D eigenvalue weighted by atomic mass is 19.1. The molecule has 0 saturated heterocycles. The number of halogens is 2. The first-order valence-electron chi connectivity index (χ1n) is 9.05. The number of nitrogens with zero attached hydrogens (tertiary/aromatic N) is 1. The van der Waals surface area contributed by atoms with E-state index < -0.39 is 17.5 Å². The van der Waals surface area contributed by atoms with Crippen LogP contribution < -0.4 is 10.1 Å². The number of carbonyl (C=O) groups is 1. The quantitative estimate of drug-likeness (QED) is 0.573. The molecule has 6 heteroatoms. The molecule has 0 spiro atoms. The van der Waals surface area contributed by atoms with Gasteiger partial charge in [0.15, 0.2) is 0 Å². The van der Waals surface area contributed by atoms with Crippen molar-refractivity contribution < 1.29 is 18.3 Å². The normalized spacial score (nSPS) is 12.0. The average Bonchev–Trinajstić information content (AvgIpc) is 2.70. The summed E-state index contributed by atoms with van der Waals surface area (Å²) in [5, 5.41) is 2.79. The van der Waals surface area contributed by atoms with E-state index in [0.717, 1.165) is 29.5 Å². The summed E-state index contributed by atoms with van der Waals surface area (Å²) in [5.74, 6) is -0.356. The van der Waals surface area contributed by atoms with Crippen LogP contribution in [0, 0.1) is 18.6 Å². The molecule has 0 aliphatic heterocycles. The zero-order valence-electron chi connectivity index (χ0n) is 16.0. The number of hydrogen-bond donors (Lipinski definition) is 1. The predicted octanol–water partition coefficient (Wildman–Crippen LogP) is 5.35. The first-order chi connectivity index (χ1) is 13.9. The van der Waals surface area contributed by atoms with E-state index in [-0.39, 0.29) is 11.6 Å². The van der Waals surface area contributed by atoms with Crippen molar-refractivity contribution in [1.29, 1.82) is 0 Å². The smallest absolute Gasteiger partial charge is 0.244 e. The number of carbonyl (C=O) groups excluding carboxylic acids is 1. The molecule has 1 N–H and O–H groups in total. The Morgan fingerprint density at radius 1 is 1.10 bits per heavy atom. The molecule has 0 radical (unpaired) electrons. The number of aromatic nitrogens is 1. The maximum absolute atomic E-state index is 13.6. The molecule has 3 aromatic rings. The van der Waals surface area contributed by atoms with Gasteiger partial charge in [-0.3, -0.25) is 9.78 Å². The Kier molecular flexibility index (Phi) is 6.34. The Balaban J connectivity index is 1.64. The molecule has 4 nitrogen and oxygen atoms in total. The van der Waals surface area contributed by atoms with Crippen molar-refractivity contribution in [1.82, 2.24) is 10.3 Å². The van der Waals surface area contributed by atoms with Crippen LogP contribution in [0.1, 0.15) is 29.8 Å². The van der Waals surface area contributed by atoms with E-state index in [4.69, 9.17) is 4.74 Å². The van der Waals surface area contributed by atoms with Gasteiger partial charge in [-0.05, 0) is 68.0 Å². The molecule has 1 heterocycles. The van der Waals surface area contributed by atoms with Gasteiger partial charge in [0, 0.05) is 17.3 Å². The highest BCUT2D eigenvalue weighted by Gasteiger charge is 2.10. The molecule has 0 bridgehead atoms. The standard InChI is InChI=1S/C23H20F2N2O2/c1-15-6-9-21(14-26-15)29-20-5-3-4-17(13-20)16(2)27-23(28)11-7-18-12-19(24)8-10-22(18)25/h3-14,16H,1-2H3,(H,27,28)/t16-/m0/s1. The number of rotatable bonds is 6. The number of pyridine rings is 1. The van der Waals surface area contributed by atoms with Gasteiger partial charge < -0.3 is 10.1 Å². The summed E-state index contributed by atoms with van der Waals surface area (Å²) in [7, 11) is 0. The molecular formula is C23H20F2N2O2. The molecule has 2 aromatic carbocycles. The fraction of sp³-hybridized carbons (Fsp3) is 0.130. The molecule has 29 heavy (non-hydrogen) atoms. The third-order valence-electron chi connectivity index (χ3n) is 4.21. The lowest BCUT2D eigenvalue weighted by atomic mass is 10.1. The van der Waals surface area contributed by atoms with Gasteiger partial charge in [-0.25, -0.2) is 8.78 Å². The first kappa shape index (κ1) is 20.2. The lowest BCUT2D eigenvalue weighted by Gasteiger charge is -2.14. The molecule has 0 unspecified atom stereocenters. The minimum absolute atomic E-state index is 0.00917. The minimum Gasteiger partial charge on any atom is -0.456 e. The predicted molar refractivity (Wildman–Crippen MR) is 107 cm³/mol. The lowest BCUT2D eigenvalue weighted by Crippen LogP contribution is -2.24. The Morgan fingerprint density at radius 3 is 2.69 bits per heavy atom. The van der Waals surface area contributed by atoms with Gasteiger partial charge in [-0.15, -0.1) is 0 Å². The number of nitrogens with one attached hydrogen (secondary N) is 1. The van der Waals surface area contributed by atoms with Crippen LogP contribution in [0.2, 0.25) is 0 Å². The monoisotopic (exact) mass is 394 g/mol. The molecule has 1 atom stereocenters. The molecule has 3 rings (SSSR count). The van der Waals surface area contributed by atoms with E-state index in [0.29, 0.717) is 11.5 Å². The van der Waals surface area contributed by atoms with Crippen molar-refractivity contribution in [2.45, 2.75) is 19.9 Å². The van der Waals surface area contributed by atoms with Gasteiger partial charge in [-0.1, -0.05) is 12.1 Å². The summed E-state index contributed by atoms with van der Waals surface area (Å²) in [6.07, 6.45) is 4.06. The molecule has 1 amide bonds. The second kappa shape index (κ2) is 9.10. The van der Waals surface area contributed by atoms with E-state index in [1.807, 2.05) is 50.2 Å². The van der Waals surface area contributed by atoms with Crippen molar-refractivity contribution in [2.24, 2.45) is 0 Å². The zero-order valence-corrected chi connectivity index (χ0v) is 16.0. The van der Waals surface area contributed by atoms with E-state index in [1.165, 1.54) is 12.2 Å². The van der Waals surface area contributed by atoms with Crippen LogP contribution in [0.25, 0.3) is 6.08 Å². The Morgan fingerprint density at radius 2 is 1.93 bits per heavy atom. The van der Waals surface area contributed by atoms with Crippen LogP contribution in [0.5, 0.6) is 11.5 Å². The Labute approximate surface area is 167 Å². The largest absolute Gasteiger partial charge is 0.456 e. The maximum Gasteiger partial charge on any atom is 0.244 e. The van der Waals surface area contributed by atoms with Crippen LogP contribution in [0.4, 0.5) is 8.78 Å². The van der Waals surface area contributed by atoms with Gasteiger partial charge in [0.25, 0.3) is 0 Å². The number of benzene rings is 2. The fourth-order valence-electron chi connectivity index (χ4n) is 2.65. The van der Waals surface area contributed by atoms with Crippen LogP contribution in [-0.4, -0.2) is 10.9 Å². The number of hydrogen-bond acceptors (Lipinski definition) is 3. The Bertz CT molecular complexity index is 1030. The topological polar surface area (TPSA) is 51.2 Å². The van der Waals surface area contributed by atoms with Crippen molar-refractivity contribution in [3.63, 3.8) is 0 Å². The number of amides is 1. The van der Waals surface area contributed by atoms with Gasteiger partial charge in [0.1, 0.15) is 23.1 Å². The maximum atomic E-state index is 13.6. The average molecular weight is 394 g/mol. The summed E-state index contributed by atoms with van der Waals surface area (Å²) in [6, 6.07) is 13.8. The van der Waals surface area contributed by atoms with Crippen molar-refractivity contribution in [2.75, 3.05) is 0 Å². The lowest BCUT2D eigenvalue weighted by molar-refractivity contribution is -0.117. The van der Waals surface area contributed by atoms with Crippen molar-refractivity contribution in [3.8, 4) is 11.5 Å². The third kappa shape index (κ3) is 5.72. The highest BCUT2D eigenvalue weighted by Crippen LogP contribution is 2.24. The summed E-state index contributed by atoms with van der Waals surface area (Å²) < 4.78 is 32.6. The fourth-order valence-corrected chi connectivity index (χ4v) is 2.65. The first-order valence-corrected chi connectivity index (χ1v) is 9.05. The third-order valence-corrected chi connectivity index (χ3v) is 4.21. The van der Waals surface area contributed by atoms with Crippen LogP contribution in [0.15, 0.2) is 66.9 Å². The summed E-state index contributed by atoms with van der Waals surface area (Å²) in [5.41, 5.74) is 1.74. The summed E-state index contributed by atoms with van der Waals surface area (Å²) >= 11 is 0. The molecule has 0 aliphatic carbocycles. The number of ether oxygens (including phenoxy) is 1. The Hall–Kier alpha value is -3.54. The van der Waals surface area contributed by atoms with E-state index in [9.17, 15) is 13.6 Å². The highest BCUT2D eigenvalue weighted by molar-refractivity contribution is 5.92. The van der Waals surface area contributed by atoms with Crippen LogP contribution in [0.3, 0.4) is 0 Å². The second-order valence-electron chi connectivity index (χ2n) is 6.54. The van der Waals surface area contributed by atoms with E-state index in [1.54, 1.807) is 6.20 Å². The van der Waals surface area contributed by atoms with Crippen molar-refractivity contribution >= 4 is 12.0 Å². The van der Waals surface area contributed by atoms with Crippen LogP contribution >= 0.6 is 0 Å². The molecular weight excluding hydrogens is 374 g/mol. The van der Waals surface area contributed by atoms with Gasteiger partial charge in [-0.2, -0.15) is 0 Å². The molecule has 0 aliphatic rings. The van der Waals surface area contributed by atoms with Crippen LogP contribution in [-0.2, 0) is 4.79 Å². The van der Waals surface area contributed by atoms with Gasteiger partial charge in [0.05, 0.1) is 12.2 Å². The molecule has 1 aromatic heterocycles. The van der Waals surface area contributed by atoms with Gasteiger partial charge in [0.2, 0.25) is 5.91 Å². The summed E-state index contributed by atoms with van der Waals surface area (Å²) in [4.78, 5) is 16.3. The SMILES string of the molecule is Cc1ccc(Oc2cccc([C@H](C)NC(=O)C=Cc3cc(F)ccc3F)c2)cn1. The van der Waals surface area contributed by atoms with Crippen molar-refractivity contribution in [3.05, 3.63) is 95.3 Å². The minimum atomic E-state index is -0.598. The van der Waals surface area contributed by atoms with E-state index in [2.05, 4.69) is 10.3 Å². The second-order valence-corrected chi connectivity index (χ2v) is 6.54. The summed E-state index contributed by atoms with van der Waals surface area (Å²) in [6.45, 7) is 3.72. The van der Waals surface area contributed by atoms with Gasteiger partial charge >= 0.3 is 0 Å². The molecule has 148 valence electrons. The number of aryl methyl sites for hydroxylation is 1. The zero-order chi connectivity index (χ0) is 20.8. The molecule has 0 fully saturated rings. The van der Waals surface area contributed by atoms with E-state index >= 15 is 0 Å².